The number of nitrogens with zero attached hydrogens (tertiary/aromatic N) is 1. The van der Waals surface area contributed by atoms with Crippen molar-refractivity contribution in [3.8, 4) is 0 Å². The number of likely N-dealkylation sites (tertiary alicyclic amines) is 1. The lowest BCUT2D eigenvalue weighted by atomic mass is 10.0. The molecule has 1 heterocycles. The number of halogens is 1. The Morgan fingerprint density at radius 3 is 2.65 bits per heavy atom. The molecule has 0 spiro atoms. The third kappa shape index (κ3) is 5.84. The molecule has 0 aliphatic carbocycles. The fourth-order valence-electron chi connectivity index (χ4n) is 2.82. The SMILES string of the molecule is CNCCC(=O)N1CCCCC1CNC(=O)c1ccccc1.Cl. The van der Waals surface area contributed by atoms with Gasteiger partial charge in [-0.3, -0.25) is 9.59 Å². The third-order valence-electron chi connectivity index (χ3n) is 4.07. The van der Waals surface area contributed by atoms with Gasteiger partial charge in [0.05, 0.1) is 0 Å². The van der Waals surface area contributed by atoms with Crippen LogP contribution < -0.4 is 10.6 Å². The zero-order chi connectivity index (χ0) is 15.8. The van der Waals surface area contributed by atoms with Gasteiger partial charge in [-0.25, -0.2) is 0 Å². The highest BCUT2D eigenvalue weighted by molar-refractivity contribution is 5.94. The Morgan fingerprint density at radius 1 is 1.22 bits per heavy atom. The van der Waals surface area contributed by atoms with E-state index in [-0.39, 0.29) is 30.3 Å². The van der Waals surface area contributed by atoms with Crippen molar-refractivity contribution >= 4 is 24.2 Å². The molecule has 0 bridgehead atoms. The molecule has 1 aromatic carbocycles. The van der Waals surface area contributed by atoms with E-state index < -0.39 is 0 Å². The lowest BCUT2D eigenvalue weighted by Gasteiger charge is -2.36. The van der Waals surface area contributed by atoms with Crippen molar-refractivity contribution in [1.82, 2.24) is 15.5 Å². The first kappa shape index (κ1) is 19.5. The van der Waals surface area contributed by atoms with Crippen LogP contribution in [-0.4, -0.2) is 49.4 Å². The highest BCUT2D eigenvalue weighted by Crippen LogP contribution is 2.17. The Kier molecular flexibility index (Phi) is 8.66. The lowest BCUT2D eigenvalue weighted by Crippen LogP contribution is -2.49. The van der Waals surface area contributed by atoms with Crippen molar-refractivity contribution in [3.05, 3.63) is 35.9 Å². The number of hydrogen-bond acceptors (Lipinski definition) is 3. The Morgan fingerprint density at radius 2 is 1.96 bits per heavy atom. The Hall–Kier alpha value is -1.59. The normalized spacial score (nSPS) is 17.3. The summed E-state index contributed by atoms with van der Waals surface area (Å²) >= 11 is 0. The number of benzene rings is 1. The van der Waals surface area contributed by atoms with Crippen molar-refractivity contribution in [2.45, 2.75) is 31.7 Å². The maximum atomic E-state index is 12.3. The third-order valence-corrected chi connectivity index (χ3v) is 4.07. The predicted octanol–water partition coefficient (Wildman–Crippen LogP) is 1.83. The molecule has 2 amide bonds. The van der Waals surface area contributed by atoms with E-state index in [1.54, 1.807) is 12.1 Å². The number of carbonyl (C=O) groups excluding carboxylic acids is 2. The number of amides is 2. The van der Waals surface area contributed by atoms with Gasteiger partial charge in [0.15, 0.2) is 0 Å². The molecule has 128 valence electrons. The van der Waals surface area contributed by atoms with Crippen LogP contribution in [0.2, 0.25) is 0 Å². The van der Waals surface area contributed by atoms with E-state index in [0.29, 0.717) is 25.1 Å². The van der Waals surface area contributed by atoms with Crippen molar-refractivity contribution < 1.29 is 9.59 Å². The second kappa shape index (κ2) is 10.2. The molecule has 2 rings (SSSR count). The van der Waals surface area contributed by atoms with Crippen LogP contribution in [0.5, 0.6) is 0 Å². The van der Waals surface area contributed by atoms with E-state index in [2.05, 4.69) is 10.6 Å². The molecule has 1 fully saturated rings. The average molecular weight is 340 g/mol. The smallest absolute Gasteiger partial charge is 0.251 e. The largest absolute Gasteiger partial charge is 0.350 e. The van der Waals surface area contributed by atoms with Gasteiger partial charge in [-0.1, -0.05) is 18.2 Å². The van der Waals surface area contributed by atoms with Gasteiger partial charge in [0, 0.05) is 37.7 Å². The van der Waals surface area contributed by atoms with Crippen molar-refractivity contribution in [2.75, 3.05) is 26.7 Å². The van der Waals surface area contributed by atoms with Gasteiger partial charge in [-0.15, -0.1) is 12.4 Å². The van der Waals surface area contributed by atoms with E-state index in [1.807, 2.05) is 30.1 Å². The fourth-order valence-corrected chi connectivity index (χ4v) is 2.82. The van der Waals surface area contributed by atoms with Crippen LogP contribution in [0.25, 0.3) is 0 Å². The minimum atomic E-state index is -0.0752. The van der Waals surface area contributed by atoms with Crippen molar-refractivity contribution in [1.29, 1.82) is 0 Å². The molecule has 2 N–H and O–H groups in total. The maximum Gasteiger partial charge on any atom is 0.251 e. The first-order chi connectivity index (χ1) is 10.7. The Labute approximate surface area is 144 Å². The second-order valence-electron chi connectivity index (χ2n) is 5.67. The molecule has 1 aromatic rings. The van der Waals surface area contributed by atoms with Crippen LogP contribution in [0.4, 0.5) is 0 Å². The Balaban J connectivity index is 0.00000264. The number of nitrogens with one attached hydrogen (secondary N) is 2. The molecule has 0 radical (unpaired) electrons. The van der Waals surface area contributed by atoms with E-state index in [9.17, 15) is 9.59 Å². The minimum absolute atomic E-state index is 0. The van der Waals surface area contributed by atoms with Crippen LogP contribution in [0.3, 0.4) is 0 Å². The van der Waals surface area contributed by atoms with Crippen molar-refractivity contribution in [3.63, 3.8) is 0 Å². The molecule has 1 unspecified atom stereocenters. The molecule has 0 saturated carbocycles. The van der Waals surface area contributed by atoms with E-state index >= 15 is 0 Å². The molecule has 6 heteroatoms. The summed E-state index contributed by atoms with van der Waals surface area (Å²) < 4.78 is 0. The Bertz CT molecular complexity index is 496. The summed E-state index contributed by atoms with van der Waals surface area (Å²) in [5.41, 5.74) is 0.659. The van der Waals surface area contributed by atoms with Gasteiger partial charge in [-0.05, 0) is 38.4 Å². The van der Waals surface area contributed by atoms with E-state index in [4.69, 9.17) is 0 Å². The molecule has 1 saturated heterocycles. The zero-order valence-corrected chi connectivity index (χ0v) is 14.4. The average Bonchev–Trinajstić information content (AvgIpc) is 2.58. The van der Waals surface area contributed by atoms with Gasteiger partial charge in [0.2, 0.25) is 5.91 Å². The molecule has 23 heavy (non-hydrogen) atoms. The number of piperidine rings is 1. The summed E-state index contributed by atoms with van der Waals surface area (Å²) in [6, 6.07) is 9.30. The first-order valence-corrected chi connectivity index (χ1v) is 7.99. The molecular formula is C17H26ClN3O2. The van der Waals surface area contributed by atoms with E-state index in [1.165, 1.54) is 0 Å². The monoisotopic (exact) mass is 339 g/mol. The summed E-state index contributed by atoms with van der Waals surface area (Å²) in [5.74, 6) is 0.0989. The topological polar surface area (TPSA) is 61.4 Å². The molecule has 1 aliphatic rings. The molecule has 5 nitrogen and oxygen atoms in total. The number of hydrogen-bond donors (Lipinski definition) is 2. The van der Waals surface area contributed by atoms with Gasteiger partial charge in [0.25, 0.3) is 5.91 Å². The van der Waals surface area contributed by atoms with Crippen LogP contribution in [0.1, 0.15) is 36.0 Å². The standard InChI is InChI=1S/C17H25N3O2.ClH/c1-18-11-10-16(21)20-12-6-5-9-15(20)13-19-17(22)14-7-3-2-4-8-14;/h2-4,7-8,15,18H,5-6,9-13H2,1H3,(H,19,22);1H. The quantitative estimate of drug-likeness (QED) is 0.831. The maximum absolute atomic E-state index is 12.3. The summed E-state index contributed by atoms with van der Waals surface area (Å²) in [5, 5.41) is 5.97. The molecular weight excluding hydrogens is 314 g/mol. The van der Waals surface area contributed by atoms with Crippen LogP contribution in [0, 0.1) is 0 Å². The zero-order valence-electron chi connectivity index (χ0n) is 13.6. The van der Waals surface area contributed by atoms with Gasteiger partial charge < -0.3 is 15.5 Å². The van der Waals surface area contributed by atoms with Gasteiger partial charge in [-0.2, -0.15) is 0 Å². The fraction of sp³-hybridized carbons (Fsp3) is 0.529. The van der Waals surface area contributed by atoms with Crippen LogP contribution >= 0.6 is 12.4 Å². The van der Waals surface area contributed by atoms with Gasteiger partial charge >= 0.3 is 0 Å². The predicted molar refractivity (Wildman–Crippen MR) is 93.9 cm³/mol. The summed E-state index contributed by atoms with van der Waals surface area (Å²) in [6.45, 7) is 2.02. The molecule has 1 aliphatic heterocycles. The van der Waals surface area contributed by atoms with Crippen molar-refractivity contribution in [2.24, 2.45) is 0 Å². The molecule has 0 aromatic heterocycles. The second-order valence-corrected chi connectivity index (χ2v) is 5.67. The van der Waals surface area contributed by atoms with E-state index in [0.717, 1.165) is 25.8 Å². The van der Waals surface area contributed by atoms with Crippen LogP contribution in [-0.2, 0) is 4.79 Å². The number of carbonyl (C=O) groups is 2. The summed E-state index contributed by atoms with van der Waals surface area (Å²) in [7, 11) is 1.85. The lowest BCUT2D eigenvalue weighted by molar-refractivity contribution is -0.134. The van der Waals surface area contributed by atoms with Crippen LogP contribution in [0.15, 0.2) is 30.3 Å². The first-order valence-electron chi connectivity index (χ1n) is 7.99. The summed E-state index contributed by atoms with van der Waals surface area (Å²) in [6.07, 6.45) is 3.64. The highest BCUT2D eigenvalue weighted by Gasteiger charge is 2.26. The van der Waals surface area contributed by atoms with Gasteiger partial charge in [0.1, 0.15) is 0 Å². The summed E-state index contributed by atoms with van der Waals surface area (Å²) in [4.78, 5) is 26.3. The highest BCUT2D eigenvalue weighted by atomic mass is 35.5. The molecule has 1 atom stereocenters. The minimum Gasteiger partial charge on any atom is -0.350 e. The number of rotatable bonds is 6.